The van der Waals surface area contributed by atoms with Gasteiger partial charge in [-0.1, -0.05) is 23.8 Å². The van der Waals surface area contributed by atoms with Crippen molar-refractivity contribution in [2.45, 2.75) is 18.7 Å². The number of hydrogen-bond acceptors (Lipinski definition) is 4. The van der Waals surface area contributed by atoms with E-state index in [0.29, 0.717) is 5.69 Å². The predicted molar refractivity (Wildman–Crippen MR) is 79.8 cm³/mol. The van der Waals surface area contributed by atoms with E-state index >= 15 is 0 Å². The Balaban J connectivity index is 2.42. The Morgan fingerprint density at radius 3 is 2.24 bits per heavy atom. The van der Waals surface area contributed by atoms with Crippen LogP contribution in [0.3, 0.4) is 0 Å². The lowest BCUT2D eigenvalue weighted by Gasteiger charge is -2.10. The van der Waals surface area contributed by atoms with Crippen molar-refractivity contribution in [3.63, 3.8) is 0 Å². The molecule has 0 aliphatic heterocycles. The molecule has 0 fully saturated rings. The molecule has 0 spiro atoms. The monoisotopic (exact) mass is 306 g/mol. The SMILES string of the molecule is Cc1ccc(NS(=O)(=O)c2cccc([N+](=O)[O-])c2C)cc1. The third-order valence-electron chi connectivity index (χ3n) is 3.05. The zero-order chi connectivity index (χ0) is 15.6. The number of hydrogen-bond donors (Lipinski definition) is 1. The fourth-order valence-corrected chi connectivity index (χ4v) is 3.25. The number of anilines is 1. The highest BCUT2D eigenvalue weighted by Gasteiger charge is 2.22. The van der Waals surface area contributed by atoms with Gasteiger partial charge in [0.25, 0.3) is 15.7 Å². The number of nitro groups is 1. The van der Waals surface area contributed by atoms with E-state index in [1.807, 2.05) is 6.92 Å². The second-order valence-electron chi connectivity index (χ2n) is 4.63. The fraction of sp³-hybridized carbons (Fsp3) is 0.143. The molecule has 2 aromatic carbocycles. The third kappa shape index (κ3) is 3.19. The van der Waals surface area contributed by atoms with E-state index in [0.717, 1.165) is 5.56 Å². The van der Waals surface area contributed by atoms with Gasteiger partial charge in [-0.3, -0.25) is 14.8 Å². The summed E-state index contributed by atoms with van der Waals surface area (Å²) in [6.07, 6.45) is 0. The van der Waals surface area contributed by atoms with Crippen molar-refractivity contribution < 1.29 is 13.3 Å². The molecule has 110 valence electrons. The van der Waals surface area contributed by atoms with Gasteiger partial charge in [0.2, 0.25) is 0 Å². The van der Waals surface area contributed by atoms with Gasteiger partial charge in [0, 0.05) is 17.3 Å². The molecular formula is C14H14N2O4S. The van der Waals surface area contributed by atoms with Crippen LogP contribution in [0.5, 0.6) is 0 Å². The Morgan fingerprint density at radius 1 is 1.05 bits per heavy atom. The first-order chi connectivity index (χ1) is 9.81. The Morgan fingerprint density at radius 2 is 1.67 bits per heavy atom. The molecule has 7 heteroatoms. The maximum atomic E-state index is 12.3. The molecule has 0 aliphatic rings. The topological polar surface area (TPSA) is 89.3 Å². The number of nitrogens with zero attached hydrogens (tertiary/aromatic N) is 1. The van der Waals surface area contributed by atoms with Crippen LogP contribution >= 0.6 is 0 Å². The minimum Gasteiger partial charge on any atom is -0.280 e. The van der Waals surface area contributed by atoms with Gasteiger partial charge in [-0.05, 0) is 32.0 Å². The van der Waals surface area contributed by atoms with Crippen LogP contribution in [-0.2, 0) is 10.0 Å². The highest BCUT2D eigenvalue weighted by molar-refractivity contribution is 7.92. The Hall–Kier alpha value is -2.41. The van der Waals surface area contributed by atoms with E-state index in [9.17, 15) is 18.5 Å². The van der Waals surface area contributed by atoms with E-state index in [-0.39, 0.29) is 16.1 Å². The quantitative estimate of drug-likeness (QED) is 0.694. The zero-order valence-corrected chi connectivity index (χ0v) is 12.3. The minimum atomic E-state index is -3.87. The molecule has 0 heterocycles. The zero-order valence-electron chi connectivity index (χ0n) is 11.5. The molecule has 0 atom stereocenters. The molecule has 0 unspecified atom stereocenters. The number of benzene rings is 2. The molecule has 0 saturated carbocycles. The van der Waals surface area contributed by atoms with Crippen molar-refractivity contribution in [3.8, 4) is 0 Å². The van der Waals surface area contributed by atoms with E-state index in [2.05, 4.69) is 4.72 Å². The average molecular weight is 306 g/mol. The van der Waals surface area contributed by atoms with Crippen LogP contribution in [0.15, 0.2) is 47.4 Å². The predicted octanol–water partition coefficient (Wildman–Crippen LogP) is 3.01. The molecule has 6 nitrogen and oxygen atoms in total. The molecule has 0 aliphatic carbocycles. The second kappa shape index (κ2) is 5.53. The lowest BCUT2D eigenvalue weighted by molar-refractivity contribution is -0.385. The standard InChI is InChI=1S/C14H14N2O4S/c1-10-6-8-12(9-7-10)15-21(19,20)14-5-3-4-13(11(14)2)16(17)18/h3-9,15H,1-2H3. The average Bonchev–Trinajstić information content (AvgIpc) is 2.41. The first-order valence-corrected chi connectivity index (χ1v) is 7.63. The molecule has 0 radical (unpaired) electrons. The maximum absolute atomic E-state index is 12.3. The van der Waals surface area contributed by atoms with E-state index < -0.39 is 14.9 Å². The van der Waals surface area contributed by atoms with Gasteiger partial charge >= 0.3 is 0 Å². The van der Waals surface area contributed by atoms with Gasteiger partial charge in [-0.15, -0.1) is 0 Å². The van der Waals surface area contributed by atoms with Crippen molar-refractivity contribution in [2.75, 3.05) is 4.72 Å². The van der Waals surface area contributed by atoms with E-state index in [4.69, 9.17) is 0 Å². The van der Waals surface area contributed by atoms with Crippen molar-refractivity contribution in [3.05, 3.63) is 63.7 Å². The van der Waals surface area contributed by atoms with Crippen LogP contribution in [0.1, 0.15) is 11.1 Å². The molecular weight excluding hydrogens is 292 g/mol. The Labute approximate surface area is 122 Å². The molecule has 21 heavy (non-hydrogen) atoms. The molecule has 0 aromatic heterocycles. The third-order valence-corrected chi connectivity index (χ3v) is 4.57. The van der Waals surface area contributed by atoms with Crippen LogP contribution in [0.4, 0.5) is 11.4 Å². The number of aryl methyl sites for hydroxylation is 1. The summed E-state index contributed by atoms with van der Waals surface area (Å²) in [5, 5.41) is 10.9. The van der Waals surface area contributed by atoms with E-state index in [1.165, 1.54) is 25.1 Å². The van der Waals surface area contributed by atoms with Crippen LogP contribution in [0.25, 0.3) is 0 Å². The number of sulfonamides is 1. The largest absolute Gasteiger partial charge is 0.280 e. The smallest absolute Gasteiger partial charge is 0.273 e. The summed E-state index contributed by atoms with van der Waals surface area (Å²) in [5.41, 5.74) is 1.31. The summed E-state index contributed by atoms with van der Waals surface area (Å²) in [7, 11) is -3.87. The molecule has 2 rings (SSSR count). The van der Waals surface area contributed by atoms with Crippen LogP contribution in [-0.4, -0.2) is 13.3 Å². The van der Waals surface area contributed by atoms with Gasteiger partial charge in [-0.2, -0.15) is 0 Å². The fourth-order valence-electron chi connectivity index (χ4n) is 1.92. The second-order valence-corrected chi connectivity index (χ2v) is 6.28. The highest BCUT2D eigenvalue weighted by atomic mass is 32.2. The lowest BCUT2D eigenvalue weighted by atomic mass is 10.2. The van der Waals surface area contributed by atoms with Crippen LogP contribution in [0.2, 0.25) is 0 Å². The summed E-state index contributed by atoms with van der Waals surface area (Å²) in [6.45, 7) is 3.31. The van der Waals surface area contributed by atoms with Gasteiger partial charge < -0.3 is 0 Å². The summed E-state index contributed by atoms with van der Waals surface area (Å²) in [4.78, 5) is 10.2. The number of nitro benzene ring substituents is 1. The maximum Gasteiger partial charge on any atom is 0.273 e. The first-order valence-electron chi connectivity index (χ1n) is 6.15. The Kier molecular flexibility index (Phi) is 3.95. The Bertz CT molecular complexity index is 783. The first kappa shape index (κ1) is 15.0. The van der Waals surface area contributed by atoms with Gasteiger partial charge in [0.15, 0.2) is 0 Å². The molecule has 0 saturated heterocycles. The van der Waals surface area contributed by atoms with Gasteiger partial charge in [0.05, 0.1) is 9.82 Å². The highest BCUT2D eigenvalue weighted by Crippen LogP contribution is 2.26. The number of rotatable bonds is 4. The lowest BCUT2D eigenvalue weighted by Crippen LogP contribution is -2.14. The van der Waals surface area contributed by atoms with Crippen molar-refractivity contribution in [1.29, 1.82) is 0 Å². The van der Waals surface area contributed by atoms with Crippen LogP contribution < -0.4 is 4.72 Å². The minimum absolute atomic E-state index is 0.0997. The summed E-state index contributed by atoms with van der Waals surface area (Å²) >= 11 is 0. The summed E-state index contributed by atoms with van der Waals surface area (Å²) in [5.74, 6) is 0. The number of nitrogens with one attached hydrogen (secondary N) is 1. The van der Waals surface area contributed by atoms with Crippen molar-refractivity contribution in [2.24, 2.45) is 0 Å². The van der Waals surface area contributed by atoms with Crippen LogP contribution in [0, 0.1) is 24.0 Å². The molecule has 0 amide bonds. The van der Waals surface area contributed by atoms with Gasteiger partial charge in [0.1, 0.15) is 0 Å². The molecule has 2 aromatic rings. The summed E-state index contributed by atoms with van der Waals surface area (Å²) < 4.78 is 27.1. The molecule has 1 N–H and O–H groups in total. The van der Waals surface area contributed by atoms with Crippen molar-refractivity contribution in [1.82, 2.24) is 0 Å². The normalized spacial score (nSPS) is 11.1. The van der Waals surface area contributed by atoms with E-state index in [1.54, 1.807) is 24.3 Å². The van der Waals surface area contributed by atoms with Crippen molar-refractivity contribution >= 4 is 21.4 Å². The summed E-state index contributed by atoms with van der Waals surface area (Å²) in [6, 6.07) is 10.8. The van der Waals surface area contributed by atoms with Gasteiger partial charge in [-0.25, -0.2) is 8.42 Å². The molecule has 0 bridgehead atoms.